The van der Waals surface area contributed by atoms with Gasteiger partial charge in [0.15, 0.2) is 5.76 Å². The Labute approximate surface area is 122 Å². The minimum Gasteiger partial charge on any atom is -0.455 e. The summed E-state index contributed by atoms with van der Waals surface area (Å²) in [6, 6.07) is 1.12. The maximum atomic E-state index is 12.2. The molecule has 3 rings (SSSR count). The molecule has 1 saturated heterocycles. The zero-order valence-electron chi connectivity index (χ0n) is 11.7. The number of primary sulfonamides is 1. The lowest BCUT2D eigenvalue weighted by Gasteiger charge is -2.18. The van der Waals surface area contributed by atoms with Crippen molar-refractivity contribution in [3.8, 4) is 0 Å². The molecule has 8 heteroatoms. The highest BCUT2D eigenvalue weighted by molar-refractivity contribution is 7.89. The van der Waals surface area contributed by atoms with Crippen LogP contribution in [0.3, 0.4) is 0 Å². The van der Waals surface area contributed by atoms with Gasteiger partial charge >= 0.3 is 0 Å². The van der Waals surface area contributed by atoms with E-state index in [4.69, 9.17) is 14.3 Å². The summed E-state index contributed by atoms with van der Waals surface area (Å²) in [6.07, 6.45) is 3.08. The summed E-state index contributed by atoms with van der Waals surface area (Å²) < 4.78 is 33.6. The summed E-state index contributed by atoms with van der Waals surface area (Å²) in [6.45, 7) is 2.09. The first-order valence-electron chi connectivity index (χ1n) is 6.92. The number of hydrogen-bond acceptors (Lipinski definition) is 5. The third kappa shape index (κ3) is 2.97. The van der Waals surface area contributed by atoms with Gasteiger partial charge in [0.1, 0.15) is 10.7 Å². The van der Waals surface area contributed by atoms with Gasteiger partial charge in [-0.05, 0) is 32.1 Å². The van der Waals surface area contributed by atoms with Crippen molar-refractivity contribution in [2.45, 2.75) is 43.2 Å². The smallest absolute Gasteiger partial charge is 0.287 e. The van der Waals surface area contributed by atoms with Crippen LogP contribution >= 0.6 is 0 Å². The Hall–Kier alpha value is -1.38. The molecule has 1 saturated carbocycles. The summed E-state index contributed by atoms with van der Waals surface area (Å²) in [5.74, 6) is 0.160. The highest BCUT2D eigenvalue weighted by Gasteiger charge is 2.41. The van der Waals surface area contributed by atoms with E-state index in [1.54, 1.807) is 0 Å². The fourth-order valence-corrected chi connectivity index (χ4v) is 3.47. The highest BCUT2D eigenvalue weighted by Crippen LogP contribution is 2.38. The van der Waals surface area contributed by atoms with Crippen molar-refractivity contribution >= 4 is 15.9 Å². The fraction of sp³-hybridized carbons (Fsp3) is 0.615. The number of rotatable bonds is 4. The minimum absolute atomic E-state index is 0.0435. The summed E-state index contributed by atoms with van der Waals surface area (Å²) in [4.78, 5) is 12.0. The van der Waals surface area contributed by atoms with Crippen molar-refractivity contribution in [3.05, 3.63) is 17.6 Å². The number of nitrogens with two attached hydrogens (primary N) is 1. The van der Waals surface area contributed by atoms with Crippen LogP contribution in [0, 0.1) is 12.8 Å². The molecule has 0 spiro atoms. The predicted octanol–water partition coefficient (Wildman–Crippen LogP) is 0.533. The van der Waals surface area contributed by atoms with Crippen LogP contribution in [0.5, 0.6) is 0 Å². The van der Waals surface area contributed by atoms with Gasteiger partial charge in [0.25, 0.3) is 5.91 Å². The number of furan rings is 1. The van der Waals surface area contributed by atoms with Crippen molar-refractivity contribution in [2.75, 3.05) is 6.61 Å². The molecule has 7 nitrogen and oxygen atoms in total. The van der Waals surface area contributed by atoms with Gasteiger partial charge in [0.2, 0.25) is 10.0 Å². The van der Waals surface area contributed by atoms with Gasteiger partial charge in [-0.15, -0.1) is 0 Å². The molecular formula is C13H18N2O5S. The molecule has 2 unspecified atom stereocenters. The van der Waals surface area contributed by atoms with E-state index in [2.05, 4.69) is 5.32 Å². The van der Waals surface area contributed by atoms with E-state index in [-0.39, 0.29) is 28.6 Å². The lowest BCUT2D eigenvalue weighted by molar-refractivity contribution is 0.0716. The van der Waals surface area contributed by atoms with Gasteiger partial charge < -0.3 is 14.5 Å². The van der Waals surface area contributed by atoms with Crippen LogP contribution < -0.4 is 10.5 Å². The molecule has 116 valence electrons. The molecular weight excluding hydrogens is 296 g/mol. The van der Waals surface area contributed by atoms with Crippen LogP contribution in [0.1, 0.15) is 35.6 Å². The Bertz CT molecular complexity index is 662. The standard InChI is InChI=1S/C13H18N2O5S/c1-7-11(21(14,17)18)6-10(20-7)13(16)15-9-4-5-19-12(9)8-2-3-8/h6,8-9,12H,2-5H2,1H3,(H,15,16)(H2,14,17,18). The zero-order valence-corrected chi connectivity index (χ0v) is 12.5. The molecule has 1 aromatic rings. The number of amides is 1. The van der Waals surface area contributed by atoms with Crippen molar-refractivity contribution in [1.82, 2.24) is 5.32 Å². The lowest BCUT2D eigenvalue weighted by atomic mass is 10.1. The van der Waals surface area contributed by atoms with Crippen LogP contribution in [0.4, 0.5) is 0 Å². The van der Waals surface area contributed by atoms with Gasteiger partial charge in [-0.2, -0.15) is 0 Å². The molecule has 2 atom stereocenters. The fourth-order valence-electron chi connectivity index (χ4n) is 2.75. The van der Waals surface area contributed by atoms with E-state index >= 15 is 0 Å². The van der Waals surface area contributed by atoms with E-state index in [0.717, 1.165) is 19.3 Å². The normalized spacial score (nSPS) is 26.0. The molecule has 2 heterocycles. The number of carbonyl (C=O) groups is 1. The quantitative estimate of drug-likeness (QED) is 0.842. The van der Waals surface area contributed by atoms with E-state index in [9.17, 15) is 13.2 Å². The molecule has 1 amide bonds. The molecule has 1 aliphatic carbocycles. The molecule has 1 aliphatic heterocycles. The van der Waals surface area contributed by atoms with Gasteiger partial charge in [-0.25, -0.2) is 13.6 Å². The first-order valence-corrected chi connectivity index (χ1v) is 8.46. The molecule has 0 aromatic carbocycles. The molecule has 2 fully saturated rings. The topological polar surface area (TPSA) is 112 Å². The SMILES string of the molecule is Cc1oc(C(=O)NC2CCOC2C2CC2)cc1S(N)(=O)=O. The van der Waals surface area contributed by atoms with Crippen LogP contribution in [0.15, 0.2) is 15.4 Å². The maximum absolute atomic E-state index is 12.2. The zero-order chi connectivity index (χ0) is 15.2. The highest BCUT2D eigenvalue weighted by atomic mass is 32.2. The van der Waals surface area contributed by atoms with Crippen molar-refractivity contribution in [2.24, 2.45) is 11.1 Å². The monoisotopic (exact) mass is 314 g/mol. The van der Waals surface area contributed by atoms with Gasteiger partial charge in [-0.3, -0.25) is 4.79 Å². The lowest BCUT2D eigenvalue weighted by Crippen LogP contribution is -2.41. The molecule has 2 aliphatic rings. The summed E-state index contributed by atoms with van der Waals surface area (Å²) in [5, 5.41) is 7.93. The van der Waals surface area contributed by atoms with Crippen molar-refractivity contribution in [3.63, 3.8) is 0 Å². The van der Waals surface area contributed by atoms with Gasteiger partial charge in [-0.1, -0.05) is 0 Å². The number of nitrogens with one attached hydrogen (secondary N) is 1. The van der Waals surface area contributed by atoms with Crippen molar-refractivity contribution in [1.29, 1.82) is 0 Å². The van der Waals surface area contributed by atoms with Gasteiger partial charge in [0.05, 0.1) is 12.1 Å². The second kappa shape index (κ2) is 5.11. The van der Waals surface area contributed by atoms with Gasteiger partial charge in [0, 0.05) is 12.7 Å². The number of aryl methyl sites for hydroxylation is 1. The molecule has 3 N–H and O–H groups in total. The Kier molecular flexibility index (Phi) is 3.54. The third-order valence-electron chi connectivity index (χ3n) is 3.94. The maximum Gasteiger partial charge on any atom is 0.287 e. The second-order valence-electron chi connectivity index (χ2n) is 5.62. The molecule has 0 radical (unpaired) electrons. The van der Waals surface area contributed by atoms with E-state index in [0.29, 0.717) is 12.5 Å². The Morgan fingerprint density at radius 3 is 2.67 bits per heavy atom. The van der Waals surface area contributed by atoms with Crippen molar-refractivity contribution < 1.29 is 22.4 Å². The second-order valence-corrected chi connectivity index (χ2v) is 7.15. The van der Waals surface area contributed by atoms with Crippen LogP contribution in [0.25, 0.3) is 0 Å². The van der Waals surface area contributed by atoms with E-state index < -0.39 is 15.9 Å². The first kappa shape index (κ1) is 14.6. The minimum atomic E-state index is -3.89. The molecule has 21 heavy (non-hydrogen) atoms. The average molecular weight is 314 g/mol. The third-order valence-corrected chi connectivity index (χ3v) is 4.96. The van der Waals surface area contributed by atoms with E-state index in [1.807, 2.05) is 0 Å². The summed E-state index contributed by atoms with van der Waals surface area (Å²) in [7, 11) is -3.89. The average Bonchev–Trinajstić information content (AvgIpc) is 2.99. The number of sulfonamides is 1. The number of carbonyl (C=O) groups excluding carboxylic acids is 1. The first-order chi connectivity index (χ1) is 9.86. The number of hydrogen-bond donors (Lipinski definition) is 2. The molecule has 1 aromatic heterocycles. The predicted molar refractivity (Wildman–Crippen MR) is 73.2 cm³/mol. The van der Waals surface area contributed by atoms with E-state index in [1.165, 1.54) is 13.0 Å². The Morgan fingerprint density at radius 1 is 1.38 bits per heavy atom. The molecule has 0 bridgehead atoms. The summed E-state index contributed by atoms with van der Waals surface area (Å²) >= 11 is 0. The Morgan fingerprint density at radius 2 is 2.10 bits per heavy atom. The van der Waals surface area contributed by atoms with Crippen LogP contribution in [-0.4, -0.2) is 33.1 Å². The number of ether oxygens (including phenoxy) is 1. The Balaban J connectivity index is 1.73. The van der Waals surface area contributed by atoms with Crippen LogP contribution in [-0.2, 0) is 14.8 Å². The summed E-state index contributed by atoms with van der Waals surface area (Å²) in [5.41, 5.74) is 0. The largest absolute Gasteiger partial charge is 0.455 e. The van der Waals surface area contributed by atoms with Crippen LogP contribution in [0.2, 0.25) is 0 Å².